The number of rotatable bonds is 6. The first kappa shape index (κ1) is 16.6. The third-order valence-electron chi connectivity index (χ3n) is 2.06. The zero-order chi connectivity index (χ0) is 14.7. The van der Waals surface area contributed by atoms with E-state index in [1.54, 1.807) is 0 Å². The van der Waals surface area contributed by atoms with E-state index in [-0.39, 0.29) is 27.4 Å². The Bertz CT molecular complexity index is 661. The fourth-order valence-electron chi connectivity index (χ4n) is 1.05. The molecule has 0 amide bonds. The Kier molecular flexibility index (Phi) is 5.53. The van der Waals surface area contributed by atoms with Gasteiger partial charge in [-0.25, -0.2) is 31.3 Å². The van der Waals surface area contributed by atoms with Gasteiger partial charge in [0.1, 0.15) is 10.0 Å². The van der Waals surface area contributed by atoms with Gasteiger partial charge in [-0.15, -0.1) is 0 Å². The Morgan fingerprint density at radius 1 is 1.26 bits per heavy atom. The van der Waals surface area contributed by atoms with Gasteiger partial charge in [-0.3, -0.25) is 0 Å². The molecule has 0 saturated heterocycles. The highest BCUT2D eigenvalue weighted by Crippen LogP contribution is 2.21. The smallest absolute Gasteiger partial charge is 0.242 e. The molecule has 0 atom stereocenters. The average molecular weight is 348 g/mol. The van der Waals surface area contributed by atoms with E-state index in [9.17, 15) is 16.8 Å². The first-order valence-electron chi connectivity index (χ1n) is 4.90. The molecule has 1 heterocycles. The van der Waals surface area contributed by atoms with Gasteiger partial charge in [0.25, 0.3) is 0 Å². The lowest BCUT2D eigenvalue weighted by molar-refractivity contribution is 0.578. The van der Waals surface area contributed by atoms with Crippen LogP contribution in [0, 0.1) is 0 Å². The summed E-state index contributed by atoms with van der Waals surface area (Å²) in [6.45, 7) is -0.272. The van der Waals surface area contributed by atoms with E-state index in [1.165, 1.54) is 7.05 Å². The van der Waals surface area contributed by atoms with E-state index in [0.717, 1.165) is 12.3 Å². The van der Waals surface area contributed by atoms with Crippen LogP contribution in [0.25, 0.3) is 0 Å². The summed E-state index contributed by atoms with van der Waals surface area (Å²) >= 11 is 11.2. The van der Waals surface area contributed by atoms with Crippen LogP contribution >= 0.6 is 23.2 Å². The number of pyridine rings is 1. The van der Waals surface area contributed by atoms with Gasteiger partial charge < -0.3 is 0 Å². The van der Waals surface area contributed by atoms with Gasteiger partial charge >= 0.3 is 0 Å². The summed E-state index contributed by atoms with van der Waals surface area (Å²) in [4.78, 5) is 3.41. The van der Waals surface area contributed by atoms with Crippen LogP contribution in [0.4, 0.5) is 0 Å². The van der Waals surface area contributed by atoms with Crippen molar-refractivity contribution < 1.29 is 16.8 Å². The predicted molar refractivity (Wildman–Crippen MR) is 72.3 cm³/mol. The second-order valence-electron chi connectivity index (χ2n) is 3.36. The third kappa shape index (κ3) is 4.86. The maximum Gasteiger partial charge on any atom is 0.242 e. The second-order valence-corrected chi connectivity index (χ2v) is 7.94. The summed E-state index contributed by atoms with van der Waals surface area (Å²) in [5, 5.41) is -0.0224. The lowest BCUT2D eigenvalue weighted by Gasteiger charge is -2.07. The molecule has 108 valence electrons. The first-order valence-corrected chi connectivity index (χ1v) is 8.79. The topological polar surface area (TPSA) is 105 Å². The lowest BCUT2D eigenvalue weighted by atomic mass is 10.5. The Morgan fingerprint density at radius 2 is 1.89 bits per heavy atom. The quantitative estimate of drug-likeness (QED) is 0.716. The van der Waals surface area contributed by atoms with Crippen molar-refractivity contribution in [1.29, 1.82) is 0 Å². The van der Waals surface area contributed by atoms with Crippen LogP contribution < -0.4 is 9.44 Å². The minimum Gasteiger partial charge on any atom is -0.242 e. The first-order chi connectivity index (χ1) is 8.68. The molecule has 0 fully saturated rings. The van der Waals surface area contributed by atoms with E-state index in [1.807, 2.05) is 0 Å². The standard InChI is InChI=1S/C8H11Cl2N3O4S2/c1-11-18(14,15)3-2-13-19(16,17)6-4-7(9)8(10)12-5-6/h4-5,11,13H,2-3H2,1H3. The summed E-state index contributed by atoms with van der Waals surface area (Å²) in [5.41, 5.74) is 0. The number of nitrogens with one attached hydrogen (secondary N) is 2. The van der Waals surface area contributed by atoms with Crippen LogP contribution in [0.3, 0.4) is 0 Å². The van der Waals surface area contributed by atoms with Gasteiger partial charge in [0.2, 0.25) is 20.0 Å². The van der Waals surface area contributed by atoms with Gasteiger partial charge in [0.15, 0.2) is 0 Å². The van der Waals surface area contributed by atoms with Crippen molar-refractivity contribution in [3.63, 3.8) is 0 Å². The minimum absolute atomic E-state index is 0.00705. The highest BCUT2D eigenvalue weighted by atomic mass is 35.5. The monoisotopic (exact) mass is 347 g/mol. The highest BCUT2D eigenvalue weighted by molar-refractivity contribution is 7.90. The van der Waals surface area contributed by atoms with Crippen molar-refractivity contribution in [2.24, 2.45) is 0 Å². The maximum absolute atomic E-state index is 11.8. The summed E-state index contributed by atoms with van der Waals surface area (Å²) < 4.78 is 50.0. The number of hydrogen-bond acceptors (Lipinski definition) is 5. The average Bonchev–Trinajstić information content (AvgIpc) is 2.32. The SMILES string of the molecule is CNS(=O)(=O)CCNS(=O)(=O)c1cnc(Cl)c(Cl)c1. The zero-order valence-electron chi connectivity index (χ0n) is 9.72. The number of halogens is 2. The Balaban J connectivity index is 2.79. The number of nitrogens with zero attached hydrogens (tertiary/aromatic N) is 1. The maximum atomic E-state index is 11.8. The van der Waals surface area contributed by atoms with Gasteiger partial charge in [0, 0.05) is 12.7 Å². The molecular formula is C8H11Cl2N3O4S2. The molecular weight excluding hydrogens is 337 g/mol. The van der Waals surface area contributed by atoms with Crippen LogP contribution in [-0.4, -0.2) is 41.2 Å². The molecule has 0 radical (unpaired) electrons. The van der Waals surface area contributed by atoms with Crippen LogP contribution in [0.2, 0.25) is 10.2 Å². The zero-order valence-corrected chi connectivity index (χ0v) is 12.9. The van der Waals surface area contributed by atoms with Gasteiger partial charge in [0.05, 0.1) is 10.8 Å². The second kappa shape index (κ2) is 6.33. The fraction of sp³-hybridized carbons (Fsp3) is 0.375. The number of aromatic nitrogens is 1. The molecule has 0 aromatic carbocycles. The van der Waals surface area contributed by atoms with Crippen molar-refractivity contribution in [2.75, 3.05) is 19.3 Å². The Labute approximate surface area is 121 Å². The normalized spacial score (nSPS) is 12.6. The highest BCUT2D eigenvalue weighted by Gasteiger charge is 2.17. The molecule has 7 nitrogen and oxygen atoms in total. The molecule has 1 aromatic rings. The molecule has 19 heavy (non-hydrogen) atoms. The summed E-state index contributed by atoms with van der Waals surface area (Å²) in [6, 6.07) is 1.13. The summed E-state index contributed by atoms with van der Waals surface area (Å²) in [5.74, 6) is -0.377. The molecule has 11 heteroatoms. The largest absolute Gasteiger partial charge is 0.242 e. The Morgan fingerprint density at radius 3 is 2.42 bits per heavy atom. The molecule has 2 N–H and O–H groups in total. The number of sulfonamides is 2. The van der Waals surface area contributed by atoms with Crippen molar-refractivity contribution in [1.82, 2.24) is 14.4 Å². The van der Waals surface area contributed by atoms with Crippen molar-refractivity contribution >= 4 is 43.2 Å². The molecule has 0 aliphatic rings. The van der Waals surface area contributed by atoms with E-state index in [2.05, 4.69) is 14.4 Å². The molecule has 0 aliphatic heterocycles. The van der Waals surface area contributed by atoms with Crippen molar-refractivity contribution in [3.05, 3.63) is 22.4 Å². The molecule has 0 unspecified atom stereocenters. The third-order valence-corrected chi connectivity index (χ3v) is 5.53. The molecule has 1 aromatic heterocycles. The lowest BCUT2D eigenvalue weighted by Crippen LogP contribution is -2.33. The van der Waals surface area contributed by atoms with Gasteiger partial charge in [-0.2, -0.15) is 0 Å². The Hall–Kier alpha value is -0.450. The molecule has 0 aliphatic carbocycles. The van der Waals surface area contributed by atoms with Crippen molar-refractivity contribution in [2.45, 2.75) is 4.90 Å². The van der Waals surface area contributed by atoms with Crippen LogP contribution in [-0.2, 0) is 20.0 Å². The molecule has 0 bridgehead atoms. The van der Waals surface area contributed by atoms with Crippen LogP contribution in [0.15, 0.2) is 17.2 Å². The molecule has 1 rings (SSSR count). The van der Waals surface area contributed by atoms with E-state index >= 15 is 0 Å². The van der Waals surface area contributed by atoms with Gasteiger partial charge in [-0.05, 0) is 13.1 Å². The molecule has 0 saturated carbocycles. The van der Waals surface area contributed by atoms with Gasteiger partial charge in [-0.1, -0.05) is 23.2 Å². The molecule has 0 spiro atoms. The van der Waals surface area contributed by atoms with E-state index in [4.69, 9.17) is 23.2 Å². The fourth-order valence-corrected chi connectivity index (χ4v) is 3.09. The van der Waals surface area contributed by atoms with E-state index < -0.39 is 20.0 Å². The summed E-state index contributed by atoms with van der Waals surface area (Å²) in [6.07, 6.45) is 1.03. The van der Waals surface area contributed by atoms with Crippen molar-refractivity contribution in [3.8, 4) is 0 Å². The number of hydrogen-bond donors (Lipinski definition) is 2. The predicted octanol–water partition coefficient (Wildman–Crippen LogP) is 0.216. The van der Waals surface area contributed by atoms with Crippen LogP contribution in [0.5, 0.6) is 0 Å². The van der Waals surface area contributed by atoms with E-state index in [0.29, 0.717) is 0 Å². The minimum atomic E-state index is -3.88. The summed E-state index contributed by atoms with van der Waals surface area (Å²) in [7, 11) is -6.11. The van der Waals surface area contributed by atoms with Crippen LogP contribution in [0.1, 0.15) is 0 Å².